The van der Waals surface area contributed by atoms with Gasteiger partial charge in [0, 0.05) is 32.3 Å². The van der Waals surface area contributed by atoms with E-state index in [1.54, 1.807) is 26.0 Å². The summed E-state index contributed by atoms with van der Waals surface area (Å²) in [6.45, 7) is 9.53. The van der Waals surface area contributed by atoms with Crippen LogP contribution < -0.4 is 0 Å². The molecular weight excluding hydrogens is 540 g/mol. The number of Topliss-reactive ketones (excluding diaryl/α,β-unsaturated/α-hetero) is 1. The van der Waals surface area contributed by atoms with E-state index in [9.17, 15) is 29.4 Å². The van der Waals surface area contributed by atoms with Crippen LogP contribution in [-0.4, -0.2) is 64.4 Å². The Labute approximate surface area is 246 Å². The zero-order valence-corrected chi connectivity index (χ0v) is 25.0. The predicted molar refractivity (Wildman–Crippen MR) is 153 cm³/mol. The van der Waals surface area contributed by atoms with Crippen molar-refractivity contribution < 1.29 is 43.6 Å². The minimum Gasteiger partial charge on any atom is -0.458 e. The third-order valence-electron chi connectivity index (χ3n) is 9.08. The van der Waals surface area contributed by atoms with Gasteiger partial charge in [-0.1, -0.05) is 50.3 Å². The van der Waals surface area contributed by atoms with Crippen LogP contribution in [0.4, 0.5) is 0 Å². The van der Waals surface area contributed by atoms with Crippen LogP contribution in [-0.2, 0) is 33.4 Å². The van der Waals surface area contributed by atoms with Crippen molar-refractivity contribution >= 4 is 29.8 Å². The second-order valence-electron chi connectivity index (χ2n) is 12.4. The Hall–Kier alpha value is -3.56. The molecule has 0 aliphatic heterocycles. The average molecular weight is 581 g/mol. The smallest absolute Gasteiger partial charge is 0.331 e. The zero-order chi connectivity index (χ0) is 31.0. The molecule has 0 heterocycles. The number of carbonyl (C=O) groups is 4. The van der Waals surface area contributed by atoms with Crippen LogP contribution in [0.25, 0.3) is 6.08 Å². The number of aliphatic hydroxyl groups is 2. The quantitative estimate of drug-likeness (QED) is 0.230. The lowest BCUT2D eigenvalue weighted by molar-refractivity contribution is -0.163. The van der Waals surface area contributed by atoms with E-state index in [0.29, 0.717) is 16.7 Å². The highest BCUT2D eigenvalue weighted by molar-refractivity contribution is 5.94. The fraction of sp³-hybridized carbons (Fsp3) is 0.515. The molecule has 1 saturated carbocycles. The molecule has 1 aromatic rings. The monoisotopic (exact) mass is 580 g/mol. The molecule has 4 bridgehead atoms. The van der Waals surface area contributed by atoms with E-state index < -0.39 is 71.0 Å². The minimum atomic E-state index is -1.43. The molecule has 0 amide bonds. The Morgan fingerprint density at radius 3 is 2.19 bits per heavy atom. The second-order valence-corrected chi connectivity index (χ2v) is 12.4. The van der Waals surface area contributed by atoms with Gasteiger partial charge in [0.25, 0.3) is 0 Å². The maximum absolute atomic E-state index is 14.4. The molecule has 0 aromatic heterocycles. The van der Waals surface area contributed by atoms with Crippen molar-refractivity contribution in [3.05, 3.63) is 64.8 Å². The van der Waals surface area contributed by atoms with Crippen molar-refractivity contribution in [1.82, 2.24) is 0 Å². The Morgan fingerprint density at radius 1 is 0.929 bits per heavy atom. The lowest BCUT2D eigenvalue weighted by atomic mass is 9.57. The van der Waals surface area contributed by atoms with E-state index in [1.165, 1.54) is 19.9 Å². The van der Waals surface area contributed by atoms with Crippen LogP contribution in [0.15, 0.2) is 59.2 Å². The van der Waals surface area contributed by atoms with Gasteiger partial charge in [0.1, 0.15) is 12.2 Å². The highest BCUT2D eigenvalue weighted by atomic mass is 16.6. The summed E-state index contributed by atoms with van der Waals surface area (Å²) in [5.41, 5.74) is 0.00952. The standard InChI is InChI=1S/C33H40O9/c1-18-25(40-19(2)34)15-23-24(36)14-22-17-33(6,31(39)30(41-20(3)35)29(18)32(23,4)5)27(37)16-26(22)42-28(38)13-12-21-10-8-7-9-11-21/h7-14,23-27,30,36-37H,15-17H2,1-6H3. The van der Waals surface area contributed by atoms with Crippen molar-refractivity contribution in [3.63, 3.8) is 0 Å². The summed E-state index contributed by atoms with van der Waals surface area (Å²) in [5, 5.41) is 23.1. The van der Waals surface area contributed by atoms with Gasteiger partial charge in [0.2, 0.25) is 0 Å². The van der Waals surface area contributed by atoms with Gasteiger partial charge in [-0.25, -0.2) is 4.79 Å². The molecule has 42 heavy (non-hydrogen) atoms. The van der Waals surface area contributed by atoms with Crippen LogP contribution in [0.1, 0.15) is 66.4 Å². The van der Waals surface area contributed by atoms with Crippen LogP contribution >= 0.6 is 0 Å². The lowest BCUT2D eigenvalue weighted by Crippen LogP contribution is -2.56. The molecular formula is C33H40O9. The summed E-state index contributed by atoms with van der Waals surface area (Å²) in [4.78, 5) is 51.6. The lowest BCUT2D eigenvalue weighted by Gasteiger charge is -2.51. The maximum Gasteiger partial charge on any atom is 0.331 e. The first kappa shape index (κ1) is 31.4. The van der Waals surface area contributed by atoms with Crippen LogP contribution in [0.2, 0.25) is 0 Å². The molecule has 3 aliphatic carbocycles. The van der Waals surface area contributed by atoms with Crippen molar-refractivity contribution in [2.45, 2.75) is 91.3 Å². The Kier molecular flexibility index (Phi) is 8.94. The maximum atomic E-state index is 14.4. The van der Waals surface area contributed by atoms with Crippen LogP contribution in [0, 0.1) is 16.7 Å². The summed E-state index contributed by atoms with van der Waals surface area (Å²) < 4.78 is 17.1. The SMILES string of the molecule is CC(=O)OC1CC2C(O)C=C3CC(C)(C(=O)C(OC(C)=O)C(=C1C)C2(C)C)C(O)CC3OC(=O)C=Cc1ccccc1. The second kappa shape index (κ2) is 12.0. The molecule has 4 rings (SSSR count). The van der Waals surface area contributed by atoms with Gasteiger partial charge in [0.15, 0.2) is 11.9 Å². The molecule has 9 heteroatoms. The molecule has 0 spiro atoms. The largest absolute Gasteiger partial charge is 0.458 e. The summed E-state index contributed by atoms with van der Waals surface area (Å²) in [7, 11) is 0. The molecule has 3 aliphatic rings. The Bertz CT molecular complexity index is 1340. The summed E-state index contributed by atoms with van der Waals surface area (Å²) in [6, 6.07) is 9.23. The number of benzene rings is 1. The molecule has 1 fully saturated rings. The van der Waals surface area contributed by atoms with E-state index in [-0.39, 0.29) is 19.3 Å². The number of hydrogen-bond acceptors (Lipinski definition) is 9. The topological polar surface area (TPSA) is 136 Å². The first-order chi connectivity index (χ1) is 19.6. The number of carbonyl (C=O) groups excluding carboxylic acids is 4. The highest BCUT2D eigenvalue weighted by Gasteiger charge is 2.57. The third-order valence-corrected chi connectivity index (χ3v) is 9.08. The molecule has 226 valence electrons. The molecule has 9 nitrogen and oxygen atoms in total. The number of rotatable bonds is 5. The molecule has 7 atom stereocenters. The third kappa shape index (κ3) is 6.13. The Balaban J connectivity index is 1.80. The van der Waals surface area contributed by atoms with Gasteiger partial charge >= 0.3 is 17.9 Å². The van der Waals surface area contributed by atoms with E-state index in [2.05, 4.69) is 0 Å². The van der Waals surface area contributed by atoms with Crippen LogP contribution in [0.3, 0.4) is 0 Å². The summed E-state index contributed by atoms with van der Waals surface area (Å²) in [5.74, 6) is -2.91. The Morgan fingerprint density at radius 2 is 1.57 bits per heavy atom. The van der Waals surface area contributed by atoms with Gasteiger partial charge in [-0.15, -0.1) is 0 Å². The number of ketones is 1. The zero-order valence-electron chi connectivity index (χ0n) is 25.0. The number of hydrogen-bond donors (Lipinski definition) is 2. The molecule has 7 unspecified atom stereocenters. The molecule has 0 saturated heterocycles. The van der Waals surface area contributed by atoms with E-state index in [4.69, 9.17) is 14.2 Å². The number of ether oxygens (including phenoxy) is 3. The van der Waals surface area contributed by atoms with Crippen molar-refractivity contribution in [1.29, 1.82) is 0 Å². The first-order valence-electron chi connectivity index (χ1n) is 14.3. The summed E-state index contributed by atoms with van der Waals surface area (Å²) >= 11 is 0. The normalized spacial score (nSPS) is 32.6. The van der Waals surface area contributed by atoms with Crippen LogP contribution in [0.5, 0.6) is 0 Å². The number of fused-ring (bicyclic) bond motifs is 4. The van der Waals surface area contributed by atoms with Gasteiger partial charge in [-0.05, 0) is 60.5 Å². The first-order valence-corrected chi connectivity index (χ1v) is 14.3. The van der Waals surface area contributed by atoms with Crippen molar-refractivity contribution in [3.8, 4) is 0 Å². The number of aliphatic hydroxyl groups excluding tert-OH is 2. The average Bonchev–Trinajstić information content (AvgIpc) is 2.90. The highest BCUT2D eigenvalue weighted by Crippen LogP contribution is 2.53. The number of esters is 3. The van der Waals surface area contributed by atoms with E-state index in [1.807, 2.05) is 44.2 Å². The van der Waals surface area contributed by atoms with Gasteiger partial charge in [0.05, 0.1) is 17.6 Å². The van der Waals surface area contributed by atoms with Crippen molar-refractivity contribution in [2.24, 2.45) is 16.7 Å². The van der Waals surface area contributed by atoms with E-state index in [0.717, 1.165) is 5.56 Å². The summed E-state index contributed by atoms with van der Waals surface area (Å²) in [6.07, 6.45) is -0.703. The van der Waals surface area contributed by atoms with Crippen molar-refractivity contribution in [2.75, 3.05) is 0 Å². The molecule has 1 aromatic carbocycles. The van der Waals surface area contributed by atoms with Gasteiger partial charge in [-0.3, -0.25) is 14.4 Å². The molecule has 2 N–H and O–H groups in total. The van der Waals surface area contributed by atoms with E-state index >= 15 is 0 Å². The fourth-order valence-electron chi connectivity index (χ4n) is 6.79. The van der Waals surface area contributed by atoms with Gasteiger partial charge < -0.3 is 24.4 Å². The predicted octanol–water partition coefficient (Wildman–Crippen LogP) is 3.87. The van der Waals surface area contributed by atoms with Gasteiger partial charge in [-0.2, -0.15) is 0 Å². The minimum absolute atomic E-state index is 0.0188. The molecule has 0 radical (unpaired) electrons. The fourth-order valence-corrected chi connectivity index (χ4v) is 6.79.